The molecule has 0 spiro atoms. The zero-order valence-electron chi connectivity index (χ0n) is 10.8. The molecule has 0 heterocycles. The lowest BCUT2D eigenvalue weighted by atomic mass is 10.2. The van der Waals surface area contributed by atoms with Gasteiger partial charge in [-0.15, -0.1) is 0 Å². The zero-order chi connectivity index (χ0) is 14.4. The van der Waals surface area contributed by atoms with Crippen molar-refractivity contribution in [3.8, 4) is 11.5 Å². The lowest BCUT2D eigenvalue weighted by molar-refractivity contribution is 0.215. The summed E-state index contributed by atoms with van der Waals surface area (Å²) in [5.74, 6) is 1.54. The minimum Gasteiger partial charge on any atom is -0.490 e. The molecule has 2 rings (SSSR count). The minimum absolute atomic E-state index is 0.444. The first-order valence-electron chi connectivity index (χ1n) is 6.19. The molecule has 0 atom stereocenters. The Balaban J connectivity index is 1.84. The highest BCUT2D eigenvalue weighted by Crippen LogP contribution is 2.27. The van der Waals surface area contributed by atoms with E-state index < -0.39 is 0 Å². The molecule has 0 radical (unpaired) electrons. The smallest absolute Gasteiger partial charge is 0.133 e. The van der Waals surface area contributed by atoms with Crippen LogP contribution in [0.15, 0.2) is 46.9 Å². The van der Waals surface area contributed by atoms with Crippen LogP contribution in [0, 0.1) is 0 Å². The molecule has 0 unspecified atom stereocenters. The van der Waals surface area contributed by atoms with Crippen molar-refractivity contribution in [3.05, 3.63) is 57.5 Å². The molecule has 0 aliphatic rings. The van der Waals surface area contributed by atoms with Gasteiger partial charge in [0.2, 0.25) is 0 Å². The second-order valence-electron chi connectivity index (χ2n) is 4.08. The predicted molar refractivity (Wildman–Crippen MR) is 84.5 cm³/mol. The molecule has 5 heteroatoms. The first kappa shape index (κ1) is 15.2. The summed E-state index contributed by atoms with van der Waals surface area (Å²) in [5, 5.41) is 0.664. The van der Waals surface area contributed by atoms with E-state index >= 15 is 0 Å². The van der Waals surface area contributed by atoms with Crippen LogP contribution in [0.2, 0.25) is 5.02 Å². The number of benzene rings is 2. The molecule has 3 nitrogen and oxygen atoms in total. The number of rotatable bonds is 6. The van der Waals surface area contributed by atoms with Gasteiger partial charge >= 0.3 is 0 Å². The molecule has 2 aromatic carbocycles. The fourth-order valence-corrected chi connectivity index (χ4v) is 2.51. The molecule has 2 N–H and O–H groups in total. The van der Waals surface area contributed by atoms with Crippen molar-refractivity contribution >= 4 is 27.5 Å². The molecule has 0 saturated carbocycles. The number of nitrogens with two attached hydrogens (primary N) is 1. The Kier molecular flexibility index (Phi) is 5.71. The van der Waals surface area contributed by atoms with Gasteiger partial charge in [-0.25, -0.2) is 0 Å². The maximum absolute atomic E-state index is 5.87. The van der Waals surface area contributed by atoms with Crippen LogP contribution in [0.5, 0.6) is 11.5 Å². The third-order valence-electron chi connectivity index (χ3n) is 2.68. The van der Waals surface area contributed by atoms with E-state index in [2.05, 4.69) is 15.9 Å². The standard InChI is InChI=1S/C15H15BrClNO2/c16-13-9-12(17)5-6-15(13)20-8-7-19-14-4-2-1-3-11(14)10-18/h1-6,9H,7-8,10,18H2. The van der Waals surface area contributed by atoms with E-state index in [4.69, 9.17) is 26.8 Å². The molecule has 0 aromatic heterocycles. The van der Waals surface area contributed by atoms with Crippen molar-refractivity contribution < 1.29 is 9.47 Å². The third kappa shape index (κ3) is 4.13. The van der Waals surface area contributed by atoms with Gasteiger partial charge in [0, 0.05) is 17.1 Å². The Morgan fingerprint density at radius 2 is 1.70 bits per heavy atom. The highest BCUT2D eigenvalue weighted by Gasteiger charge is 2.03. The maximum Gasteiger partial charge on any atom is 0.133 e. The Hall–Kier alpha value is -1.23. The molecule has 0 aliphatic heterocycles. The van der Waals surface area contributed by atoms with Gasteiger partial charge < -0.3 is 15.2 Å². The zero-order valence-corrected chi connectivity index (χ0v) is 13.2. The summed E-state index contributed by atoms with van der Waals surface area (Å²) in [6.45, 7) is 1.35. The van der Waals surface area contributed by atoms with Gasteiger partial charge in [-0.3, -0.25) is 0 Å². The van der Waals surface area contributed by atoms with Gasteiger partial charge in [-0.05, 0) is 40.2 Å². The van der Waals surface area contributed by atoms with E-state index in [1.807, 2.05) is 30.3 Å². The SMILES string of the molecule is NCc1ccccc1OCCOc1ccc(Cl)cc1Br. The fourth-order valence-electron chi connectivity index (χ4n) is 1.71. The average molecular weight is 357 g/mol. The van der Waals surface area contributed by atoms with Crippen molar-refractivity contribution in [2.45, 2.75) is 6.54 Å². The van der Waals surface area contributed by atoms with Crippen LogP contribution in [0.4, 0.5) is 0 Å². The summed E-state index contributed by atoms with van der Waals surface area (Å²) in [6.07, 6.45) is 0. The highest BCUT2D eigenvalue weighted by atomic mass is 79.9. The largest absolute Gasteiger partial charge is 0.490 e. The Morgan fingerprint density at radius 3 is 2.40 bits per heavy atom. The topological polar surface area (TPSA) is 44.5 Å². The summed E-state index contributed by atoms with van der Waals surface area (Å²) in [5.41, 5.74) is 6.64. The van der Waals surface area contributed by atoms with Crippen LogP contribution in [-0.4, -0.2) is 13.2 Å². The molecule has 106 valence electrons. The lowest BCUT2D eigenvalue weighted by Crippen LogP contribution is -2.11. The Bertz CT molecular complexity index is 578. The van der Waals surface area contributed by atoms with Crippen molar-refractivity contribution in [2.75, 3.05) is 13.2 Å². The second kappa shape index (κ2) is 7.53. The molecule has 0 amide bonds. The summed E-state index contributed by atoms with van der Waals surface area (Å²) >= 11 is 9.27. The van der Waals surface area contributed by atoms with Crippen LogP contribution >= 0.6 is 27.5 Å². The number of para-hydroxylation sites is 1. The van der Waals surface area contributed by atoms with Crippen LogP contribution in [-0.2, 0) is 6.54 Å². The molecule has 0 saturated heterocycles. The fraction of sp³-hybridized carbons (Fsp3) is 0.200. The first-order chi connectivity index (χ1) is 9.70. The molecule has 20 heavy (non-hydrogen) atoms. The minimum atomic E-state index is 0.444. The van der Waals surface area contributed by atoms with E-state index in [0.29, 0.717) is 24.8 Å². The van der Waals surface area contributed by atoms with Gasteiger partial charge in [-0.1, -0.05) is 29.8 Å². The second-order valence-corrected chi connectivity index (χ2v) is 5.37. The summed E-state index contributed by atoms with van der Waals surface area (Å²) < 4.78 is 12.1. The van der Waals surface area contributed by atoms with Crippen LogP contribution in [0.1, 0.15) is 5.56 Å². The quantitative estimate of drug-likeness (QED) is 0.795. The molecular weight excluding hydrogens is 342 g/mol. The van der Waals surface area contributed by atoms with Gasteiger partial charge in [0.05, 0.1) is 4.47 Å². The molecule has 0 bridgehead atoms. The number of ether oxygens (including phenoxy) is 2. The van der Waals surface area contributed by atoms with Gasteiger partial charge in [0.25, 0.3) is 0 Å². The number of hydrogen-bond acceptors (Lipinski definition) is 3. The summed E-state index contributed by atoms with van der Waals surface area (Å²) in [7, 11) is 0. The maximum atomic E-state index is 5.87. The van der Waals surface area contributed by atoms with Crippen LogP contribution in [0.25, 0.3) is 0 Å². The molecule has 2 aromatic rings. The molecular formula is C15H15BrClNO2. The summed E-state index contributed by atoms with van der Waals surface area (Å²) in [4.78, 5) is 0. The monoisotopic (exact) mass is 355 g/mol. The van der Waals surface area contributed by atoms with E-state index in [-0.39, 0.29) is 0 Å². The van der Waals surface area contributed by atoms with Crippen molar-refractivity contribution in [3.63, 3.8) is 0 Å². The number of hydrogen-bond donors (Lipinski definition) is 1. The summed E-state index contributed by atoms with van der Waals surface area (Å²) in [6, 6.07) is 13.1. The van der Waals surface area contributed by atoms with E-state index in [9.17, 15) is 0 Å². The van der Waals surface area contributed by atoms with Gasteiger partial charge in [0.1, 0.15) is 24.7 Å². The lowest BCUT2D eigenvalue weighted by Gasteiger charge is -2.12. The average Bonchev–Trinajstić information content (AvgIpc) is 2.46. The van der Waals surface area contributed by atoms with Crippen molar-refractivity contribution in [2.24, 2.45) is 5.73 Å². The third-order valence-corrected chi connectivity index (χ3v) is 3.54. The molecule has 0 aliphatic carbocycles. The predicted octanol–water partition coefficient (Wildman–Crippen LogP) is 4.02. The first-order valence-corrected chi connectivity index (χ1v) is 7.36. The van der Waals surface area contributed by atoms with Gasteiger partial charge in [-0.2, -0.15) is 0 Å². The molecule has 0 fully saturated rings. The van der Waals surface area contributed by atoms with E-state index in [1.165, 1.54) is 0 Å². The van der Waals surface area contributed by atoms with Crippen LogP contribution < -0.4 is 15.2 Å². The van der Waals surface area contributed by atoms with E-state index in [0.717, 1.165) is 21.5 Å². The Labute approximate surface area is 131 Å². The normalized spacial score (nSPS) is 10.3. The van der Waals surface area contributed by atoms with E-state index in [1.54, 1.807) is 12.1 Å². The van der Waals surface area contributed by atoms with Crippen LogP contribution in [0.3, 0.4) is 0 Å². The van der Waals surface area contributed by atoms with Crippen molar-refractivity contribution in [1.29, 1.82) is 0 Å². The highest BCUT2D eigenvalue weighted by molar-refractivity contribution is 9.10. The number of halogens is 2. The Morgan fingerprint density at radius 1 is 1.00 bits per heavy atom. The van der Waals surface area contributed by atoms with Gasteiger partial charge in [0.15, 0.2) is 0 Å². The van der Waals surface area contributed by atoms with Crippen molar-refractivity contribution in [1.82, 2.24) is 0 Å².